The summed E-state index contributed by atoms with van der Waals surface area (Å²) >= 11 is 7.34. The maximum absolute atomic E-state index is 12.3. The number of methoxy groups -OCH3 is 1. The van der Waals surface area contributed by atoms with E-state index in [0.717, 1.165) is 6.42 Å². The minimum atomic E-state index is -0.496. The number of ether oxygens (including phenoxy) is 1. The van der Waals surface area contributed by atoms with Crippen LogP contribution in [-0.2, 0) is 16.0 Å². The van der Waals surface area contributed by atoms with Crippen LogP contribution in [0, 0.1) is 0 Å². The Labute approximate surface area is 172 Å². The number of nitrogens with zero attached hydrogens (tertiary/aromatic N) is 1. The number of amidine groups is 1. The van der Waals surface area contributed by atoms with Gasteiger partial charge in [0.05, 0.1) is 12.1 Å². The van der Waals surface area contributed by atoms with Gasteiger partial charge in [-0.2, -0.15) is 0 Å². The maximum Gasteiger partial charge on any atom is 0.240 e. The van der Waals surface area contributed by atoms with Gasteiger partial charge in [0.1, 0.15) is 11.0 Å². The molecular weight excluding hydrogens is 398 g/mol. The number of nitrogens with one attached hydrogen (secondary N) is 2. The molecule has 146 valence electrons. The van der Waals surface area contributed by atoms with Crippen LogP contribution in [0.3, 0.4) is 0 Å². The van der Waals surface area contributed by atoms with Crippen LogP contribution in [0.4, 0.5) is 5.69 Å². The number of rotatable bonds is 7. The molecule has 0 aromatic heterocycles. The Balaban J connectivity index is 1.50. The second-order valence-electron chi connectivity index (χ2n) is 6.12. The highest BCUT2D eigenvalue weighted by molar-refractivity contribution is 8.15. The summed E-state index contributed by atoms with van der Waals surface area (Å²) in [6, 6.07) is 15.0. The lowest BCUT2D eigenvalue weighted by Gasteiger charge is -2.09. The fourth-order valence-corrected chi connectivity index (χ4v) is 3.92. The molecular formula is C20H20ClN3O3S. The lowest BCUT2D eigenvalue weighted by atomic mass is 10.2. The SMILES string of the molecule is COc1ccc(NC(=O)C[C@@H]2SC(=NCCc3ccccc3)NC2=O)cc1Cl. The Hall–Kier alpha value is -2.51. The van der Waals surface area contributed by atoms with Gasteiger partial charge in [0.25, 0.3) is 0 Å². The minimum absolute atomic E-state index is 0.0534. The zero-order chi connectivity index (χ0) is 19.9. The number of aliphatic imine (C=N–C) groups is 1. The van der Waals surface area contributed by atoms with E-state index in [1.807, 2.05) is 30.3 Å². The third kappa shape index (κ3) is 5.50. The van der Waals surface area contributed by atoms with Crippen molar-refractivity contribution in [2.75, 3.05) is 19.0 Å². The van der Waals surface area contributed by atoms with Crippen molar-refractivity contribution in [2.45, 2.75) is 18.1 Å². The van der Waals surface area contributed by atoms with Crippen molar-refractivity contribution >= 4 is 46.0 Å². The third-order valence-electron chi connectivity index (χ3n) is 4.08. The van der Waals surface area contributed by atoms with Crippen LogP contribution in [0.5, 0.6) is 5.75 Å². The van der Waals surface area contributed by atoms with Gasteiger partial charge in [-0.3, -0.25) is 14.6 Å². The molecule has 1 saturated heterocycles. The van der Waals surface area contributed by atoms with Crippen molar-refractivity contribution in [3.63, 3.8) is 0 Å². The van der Waals surface area contributed by atoms with E-state index in [0.29, 0.717) is 28.2 Å². The first-order valence-corrected chi connectivity index (χ1v) is 10.00. The fourth-order valence-electron chi connectivity index (χ4n) is 2.67. The van der Waals surface area contributed by atoms with E-state index in [4.69, 9.17) is 16.3 Å². The summed E-state index contributed by atoms with van der Waals surface area (Å²) in [7, 11) is 1.52. The van der Waals surface area contributed by atoms with Crippen LogP contribution in [0.25, 0.3) is 0 Å². The van der Waals surface area contributed by atoms with Gasteiger partial charge in [-0.25, -0.2) is 0 Å². The van der Waals surface area contributed by atoms with Gasteiger partial charge in [-0.05, 0) is 30.2 Å². The molecule has 1 heterocycles. The number of carbonyl (C=O) groups is 2. The normalized spacial score (nSPS) is 17.4. The first kappa shape index (κ1) is 20.2. The van der Waals surface area contributed by atoms with Crippen LogP contribution in [0.1, 0.15) is 12.0 Å². The molecule has 3 rings (SSSR count). The molecule has 28 heavy (non-hydrogen) atoms. The molecule has 2 amide bonds. The van der Waals surface area contributed by atoms with Gasteiger partial charge < -0.3 is 15.4 Å². The Morgan fingerprint density at radius 2 is 2.07 bits per heavy atom. The Bertz CT molecular complexity index is 890. The van der Waals surface area contributed by atoms with Crippen molar-refractivity contribution < 1.29 is 14.3 Å². The quantitative estimate of drug-likeness (QED) is 0.722. The van der Waals surface area contributed by atoms with Gasteiger partial charge in [0.2, 0.25) is 11.8 Å². The van der Waals surface area contributed by atoms with E-state index < -0.39 is 5.25 Å². The second-order valence-corrected chi connectivity index (χ2v) is 7.72. The van der Waals surface area contributed by atoms with Gasteiger partial charge in [-0.15, -0.1) is 0 Å². The van der Waals surface area contributed by atoms with Crippen LogP contribution in [0.2, 0.25) is 5.02 Å². The highest BCUT2D eigenvalue weighted by Gasteiger charge is 2.31. The molecule has 0 saturated carbocycles. The van der Waals surface area contributed by atoms with Gasteiger partial charge in [-0.1, -0.05) is 53.7 Å². The fraction of sp³-hybridized carbons (Fsp3) is 0.250. The molecule has 0 radical (unpaired) electrons. The Morgan fingerprint density at radius 1 is 1.29 bits per heavy atom. The molecule has 2 N–H and O–H groups in total. The molecule has 2 aromatic rings. The molecule has 1 fully saturated rings. The largest absolute Gasteiger partial charge is 0.495 e. The van der Waals surface area contributed by atoms with Crippen molar-refractivity contribution in [2.24, 2.45) is 4.99 Å². The number of hydrogen-bond donors (Lipinski definition) is 2. The number of hydrogen-bond acceptors (Lipinski definition) is 5. The first-order chi connectivity index (χ1) is 13.5. The Morgan fingerprint density at radius 3 is 2.79 bits per heavy atom. The number of thioether (sulfide) groups is 1. The van der Waals surface area contributed by atoms with E-state index in [-0.39, 0.29) is 18.2 Å². The lowest BCUT2D eigenvalue weighted by Crippen LogP contribution is -2.28. The van der Waals surface area contributed by atoms with Crippen molar-refractivity contribution in [1.82, 2.24) is 5.32 Å². The van der Waals surface area contributed by atoms with Gasteiger partial charge in [0, 0.05) is 18.7 Å². The Kier molecular flexibility index (Phi) is 6.95. The highest BCUT2D eigenvalue weighted by Crippen LogP contribution is 2.28. The maximum atomic E-state index is 12.3. The van der Waals surface area contributed by atoms with E-state index in [1.54, 1.807) is 18.2 Å². The zero-order valence-corrected chi connectivity index (χ0v) is 16.8. The summed E-state index contributed by atoms with van der Waals surface area (Å²) in [4.78, 5) is 28.8. The number of benzene rings is 2. The summed E-state index contributed by atoms with van der Waals surface area (Å²) in [6.45, 7) is 0.579. The first-order valence-electron chi connectivity index (χ1n) is 8.74. The molecule has 6 nitrogen and oxygen atoms in total. The van der Waals surface area contributed by atoms with Crippen LogP contribution in [-0.4, -0.2) is 35.9 Å². The van der Waals surface area contributed by atoms with Crippen molar-refractivity contribution in [3.8, 4) is 5.75 Å². The molecule has 0 spiro atoms. The summed E-state index contributed by atoms with van der Waals surface area (Å²) in [5.41, 5.74) is 1.74. The summed E-state index contributed by atoms with van der Waals surface area (Å²) in [5, 5.41) is 5.96. The van der Waals surface area contributed by atoms with Crippen molar-refractivity contribution in [1.29, 1.82) is 0 Å². The molecule has 0 unspecified atom stereocenters. The van der Waals surface area contributed by atoms with E-state index >= 15 is 0 Å². The molecule has 0 aliphatic carbocycles. The summed E-state index contributed by atoms with van der Waals surface area (Å²) < 4.78 is 5.08. The molecule has 8 heteroatoms. The molecule has 1 aliphatic heterocycles. The van der Waals surface area contributed by atoms with E-state index in [2.05, 4.69) is 15.6 Å². The third-order valence-corrected chi connectivity index (χ3v) is 5.50. The predicted molar refractivity (Wildman–Crippen MR) is 113 cm³/mol. The van der Waals surface area contributed by atoms with E-state index in [1.165, 1.54) is 24.4 Å². The van der Waals surface area contributed by atoms with Gasteiger partial charge >= 0.3 is 0 Å². The molecule has 1 atom stereocenters. The average Bonchev–Trinajstić information content (AvgIpc) is 3.02. The smallest absolute Gasteiger partial charge is 0.240 e. The predicted octanol–water partition coefficient (Wildman–Crippen LogP) is 3.51. The average molecular weight is 418 g/mol. The zero-order valence-electron chi connectivity index (χ0n) is 15.3. The minimum Gasteiger partial charge on any atom is -0.495 e. The van der Waals surface area contributed by atoms with Crippen LogP contribution in [0.15, 0.2) is 53.5 Å². The molecule has 1 aliphatic rings. The summed E-state index contributed by atoms with van der Waals surface area (Å²) in [5.74, 6) is 0.0625. The van der Waals surface area contributed by atoms with Crippen molar-refractivity contribution in [3.05, 3.63) is 59.1 Å². The van der Waals surface area contributed by atoms with Gasteiger partial charge in [0.15, 0.2) is 5.17 Å². The summed E-state index contributed by atoms with van der Waals surface area (Å²) in [6.07, 6.45) is 0.849. The highest BCUT2D eigenvalue weighted by atomic mass is 35.5. The lowest BCUT2D eigenvalue weighted by molar-refractivity contribution is -0.122. The second kappa shape index (κ2) is 9.61. The monoisotopic (exact) mass is 417 g/mol. The molecule has 2 aromatic carbocycles. The molecule has 0 bridgehead atoms. The van der Waals surface area contributed by atoms with Crippen LogP contribution < -0.4 is 15.4 Å². The van der Waals surface area contributed by atoms with E-state index in [9.17, 15) is 9.59 Å². The standard InChI is InChI=1S/C20H20ClN3O3S/c1-27-16-8-7-14(11-15(16)21)23-18(25)12-17-19(26)24-20(28-17)22-10-9-13-5-3-2-4-6-13/h2-8,11,17H,9-10,12H2,1H3,(H,23,25)(H,22,24,26)/t17-/m0/s1. The number of amides is 2. The number of halogens is 1. The number of carbonyl (C=O) groups excluding carboxylic acids is 2. The topological polar surface area (TPSA) is 79.8 Å². The van der Waals surface area contributed by atoms with Crippen LogP contribution >= 0.6 is 23.4 Å². The number of anilines is 1.